The summed E-state index contributed by atoms with van der Waals surface area (Å²) < 4.78 is 0. The van der Waals surface area contributed by atoms with Crippen molar-refractivity contribution in [3.63, 3.8) is 0 Å². The molecule has 14 heavy (non-hydrogen) atoms. The molecule has 0 radical (unpaired) electrons. The van der Waals surface area contributed by atoms with E-state index in [4.69, 9.17) is 0 Å². The number of hydrogen-bond acceptors (Lipinski definition) is 0. The number of rotatable bonds is 2. The van der Waals surface area contributed by atoms with Crippen molar-refractivity contribution < 1.29 is 0 Å². The lowest BCUT2D eigenvalue weighted by Gasteiger charge is -2.13. The highest BCUT2D eigenvalue weighted by molar-refractivity contribution is 5.37. The van der Waals surface area contributed by atoms with E-state index in [0.717, 1.165) is 17.8 Å². The molecule has 0 heterocycles. The van der Waals surface area contributed by atoms with Crippen LogP contribution in [-0.2, 0) is 0 Å². The molecule has 0 spiro atoms. The molecule has 0 aromatic heterocycles. The molecule has 0 amide bonds. The SMILES string of the molecule is CC(C)CC1C[C@H](C)c2ccccc21. The second kappa shape index (κ2) is 3.76. The van der Waals surface area contributed by atoms with E-state index in [2.05, 4.69) is 45.0 Å². The molecule has 2 rings (SSSR count). The average molecular weight is 188 g/mol. The molecule has 1 unspecified atom stereocenters. The van der Waals surface area contributed by atoms with Crippen molar-refractivity contribution in [2.24, 2.45) is 5.92 Å². The van der Waals surface area contributed by atoms with Crippen LogP contribution < -0.4 is 0 Å². The first kappa shape index (κ1) is 9.76. The Morgan fingerprint density at radius 1 is 1.21 bits per heavy atom. The first-order valence-corrected chi connectivity index (χ1v) is 5.77. The summed E-state index contributed by atoms with van der Waals surface area (Å²) in [4.78, 5) is 0. The molecule has 0 bridgehead atoms. The van der Waals surface area contributed by atoms with Gasteiger partial charge in [-0.25, -0.2) is 0 Å². The zero-order valence-electron chi connectivity index (χ0n) is 9.46. The van der Waals surface area contributed by atoms with Crippen molar-refractivity contribution in [2.45, 2.75) is 45.4 Å². The molecule has 0 N–H and O–H groups in total. The third kappa shape index (κ3) is 1.70. The predicted molar refractivity (Wildman–Crippen MR) is 61.7 cm³/mol. The predicted octanol–water partition coefficient (Wildman–Crippen LogP) is 4.32. The summed E-state index contributed by atoms with van der Waals surface area (Å²) in [7, 11) is 0. The second-order valence-electron chi connectivity index (χ2n) is 5.09. The van der Waals surface area contributed by atoms with Gasteiger partial charge in [0.1, 0.15) is 0 Å². The molecule has 0 fully saturated rings. The summed E-state index contributed by atoms with van der Waals surface area (Å²) in [5.74, 6) is 2.41. The molecule has 0 nitrogen and oxygen atoms in total. The van der Waals surface area contributed by atoms with E-state index in [9.17, 15) is 0 Å². The molecule has 2 atom stereocenters. The maximum atomic E-state index is 2.36. The lowest BCUT2D eigenvalue weighted by Crippen LogP contribution is -1.98. The molecule has 0 saturated heterocycles. The molecule has 1 aromatic carbocycles. The van der Waals surface area contributed by atoms with Gasteiger partial charge in [0.25, 0.3) is 0 Å². The maximum Gasteiger partial charge on any atom is -0.0151 e. The van der Waals surface area contributed by atoms with Gasteiger partial charge < -0.3 is 0 Å². The summed E-state index contributed by atoms with van der Waals surface area (Å²) in [5, 5.41) is 0. The minimum absolute atomic E-state index is 0.773. The average Bonchev–Trinajstić information content (AvgIpc) is 2.44. The van der Waals surface area contributed by atoms with Crippen molar-refractivity contribution >= 4 is 0 Å². The summed E-state index contributed by atoms with van der Waals surface area (Å²) in [6.45, 7) is 7.01. The molecule has 0 heteroatoms. The molecule has 76 valence electrons. The smallest absolute Gasteiger partial charge is 0.0151 e. The van der Waals surface area contributed by atoms with Crippen LogP contribution in [0.25, 0.3) is 0 Å². The zero-order chi connectivity index (χ0) is 10.1. The van der Waals surface area contributed by atoms with Crippen LogP contribution in [0.3, 0.4) is 0 Å². The van der Waals surface area contributed by atoms with Crippen LogP contribution in [0.2, 0.25) is 0 Å². The summed E-state index contributed by atoms with van der Waals surface area (Å²) >= 11 is 0. The Labute approximate surface area is 87.3 Å². The quantitative estimate of drug-likeness (QED) is 0.648. The lowest BCUT2D eigenvalue weighted by molar-refractivity contribution is 0.481. The molecule has 1 aliphatic carbocycles. The van der Waals surface area contributed by atoms with E-state index in [-0.39, 0.29) is 0 Å². The highest BCUT2D eigenvalue weighted by Gasteiger charge is 2.27. The van der Waals surface area contributed by atoms with Gasteiger partial charge >= 0.3 is 0 Å². The van der Waals surface area contributed by atoms with Crippen LogP contribution in [0.5, 0.6) is 0 Å². The van der Waals surface area contributed by atoms with Gasteiger partial charge in [0.2, 0.25) is 0 Å². The number of benzene rings is 1. The van der Waals surface area contributed by atoms with Crippen molar-refractivity contribution in [3.8, 4) is 0 Å². The van der Waals surface area contributed by atoms with Crippen LogP contribution in [0.1, 0.15) is 56.6 Å². The fourth-order valence-electron chi connectivity index (χ4n) is 2.80. The molecule has 1 aromatic rings. The minimum Gasteiger partial charge on any atom is -0.0628 e. The van der Waals surface area contributed by atoms with Crippen LogP contribution in [0.15, 0.2) is 24.3 Å². The number of fused-ring (bicyclic) bond motifs is 1. The minimum atomic E-state index is 0.773. The molecular formula is C14H20. The second-order valence-corrected chi connectivity index (χ2v) is 5.09. The van der Waals surface area contributed by atoms with Gasteiger partial charge in [0, 0.05) is 0 Å². The Hall–Kier alpha value is -0.780. The largest absolute Gasteiger partial charge is 0.0628 e. The summed E-state index contributed by atoms with van der Waals surface area (Å²) in [6.07, 6.45) is 2.71. The van der Waals surface area contributed by atoms with E-state index < -0.39 is 0 Å². The van der Waals surface area contributed by atoms with Gasteiger partial charge in [-0.1, -0.05) is 45.0 Å². The Balaban J connectivity index is 2.25. The fraction of sp³-hybridized carbons (Fsp3) is 0.571. The van der Waals surface area contributed by atoms with Gasteiger partial charge in [-0.05, 0) is 41.7 Å². The van der Waals surface area contributed by atoms with E-state index in [1.165, 1.54) is 12.8 Å². The highest BCUT2D eigenvalue weighted by Crippen LogP contribution is 2.43. The Morgan fingerprint density at radius 2 is 1.86 bits per heavy atom. The van der Waals surface area contributed by atoms with Crippen LogP contribution in [-0.4, -0.2) is 0 Å². The van der Waals surface area contributed by atoms with Gasteiger partial charge in [-0.15, -0.1) is 0 Å². The fourth-order valence-corrected chi connectivity index (χ4v) is 2.80. The van der Waals surface area contributed by atoms with Gasteiger partial charge in [0.15, 0.2) is 0 Å². The lowest BCUT2D eigenvalue weighted by atomic mass is 9.92. The van der Waals surface area contributed by atoms with Gasteiger partial charge in [0.05, 0.1) is 0 Å². The van der Waals surface area contributed by atoms with Gasteiger partial charge in [-0.2, -0.15) is 0 Å². The Bertz CT molecular complexity index is 310. The van der Waals surface area contributed by atoms with E-state index in [0.29, 0.717) is 0 Å². The van der Waals surface area contributed by atoms with Crippen molar-refractivity contribution in [2.75, 3.05) is 0 Å². The van der Waals surface area contributed by atoms with Crippen LogP contribution >= 0.6 is 0 Å². The topological polar surface area (TPSA) is 0 Å². The molecular weight excluding hydrogens is 168 g/mol. The van der Waals surface area contributed by atoms with Crippen LogP contribution in [0, 0.1) is 5.92 Å². The molecule has 0 aliphatic heterocycles. The molecule has 0 saturated carbocycles. The molecule has 1 aliphatic rings. The first-order valence-electron chi connectivity index (χ1n) is 5.77. The highest BCUT2D eigenvalue weighted by atomic mass is 14.3. The zero-order valence-corrected chi connectivity index (χ0v) is 9.46. The van der Waals surface area contributed by atoms with Crippen molar-refractivity contribution in [1.29, 1.82) is 0 Å². The maximum absolute atomic E-state index is 2.36. The standard InChI is InChI=1S/C14H20/c1-10(2)8-12-9-11(3)13-6-4-5-7-14(12)13/h4-7,10-12H,8-9H2,1-3H3/t11-,12?/m0/s1. The monoisotopic (exact) mass is 188 g/mol. The van der Waals surface area contributed by atoms with Crippen molar-refractivity contribution in [3.05, 3.63) is 35.4 Å². The van der Waals surface area contributed by atoms with E-state index >= 15 is 0 Å². The van der Waals surface area contributed by atoms with Crippen LogP contribution in [0.4, 0.5) is 0 Å². The third-order valence-corrected chi connectivity index (χ3v) is 3.36. The summed E-state index contributed by atoms with van der Waals surface area (Å²) in [5.41, 5.74) is 3.21. The van der Waals surface area contributed by atoms with Crippen molar-refractivity contribution in [1.82, 2.24) is 0 Å². The van der Waals surface area contributed by atoms with Gasteiger partial charge in [-0.3, -0.25) is 0 Å². The Kier molecular flexibility index (Phi) is 2.62. The number of hydrogen-bond donors (Lipinski definition) is 0. The normalized spacial score (nSPS) is 25.4. The van der Waals surface area contributed by atoms with E-state index in [1.807, 2.05) is 0 Å². The summed E-state index contributed by atoms with van der Waals surface area (Å²) in [6, 6.07) is 8.99. The third-order valence-electron chi connectivity index (χ3n) is 3.36. The van der Waals surface area contributed by atoms with E-state index in [1.54, 1.807) is 11.1 Å². The first-order chi connectivity index (χ1) is 6.68. The Morgan fingerprint density at radius 3 is 2.50 bits per heavy atom.